The van der Waals surface area contributed by atoms with Gasteiger partial charge in [-0.1, -0.05) is 11.6 Å². The number of carbonyl (C=O) groups excluding carboxylic acids is 1. The topological polar surface area (TPSA) is 64.4 Å². The Labute approximate surface area is 121 Å². The smallest absolute Gasteiger partial charge is 0.293 e. The number of aryl methyl sites for hydroxylation is 3. The molecule has 0 atom stereocenters. The van der Waals surface area contributed by atoms with Crippen LogP contribution in [-0.2, 0) is 0 Å². The van der Waals surface area contributed by atoms with Crippen molar-refractivity contribution in [3.8, 4) is 5.75 Å². The first-order valence-electron chi connectivity index (χ1n) is 6.02. The fraction of sp³-hybridized carbons (Fsp3) is 0.286. The summed E-state index contributed by atoms with van der Waals surface area (Å²) in [5, 5.41) is 3.32. The Bertz CT molecular complexity index is 665. The lowest BCUT2D eigenvalue weighted by Gasteiger charge is -2.11. The van der Waals surface area contributed by atoms with Gasteiger partial charge in [0.2, 0.25) is 5.76 Å². The van der Waals surface area contributed by atoms with Crippen molar-refractivity contribution in [3.05, 3.63) is 40.1 Å². The second kappa shape index (κ2) is 5.54. The van der Waals surface area contributed by atoms with E-state index in [1.807, 2.05) is 6.92 Å². The Morgan fingerprint density at radius 1 is 1.35 bits per heavy atom. The highest BCUT2D eigenvalue weighted by Crippen LogP contribution is 2.31. The van der Waals surface area contributed by atoms with Crippen LogP contribution in [0, 0.1) is 20.8 Å². The zero-order valence-electron chi connectivity index (χ0n) is 11.7. The number of nitrogens with one attached hydrogen (secondary N) is 1. The van der Waals surface area contributed by atoms with Crippen LogP contribution in [0.5, 0.6) is 5.75 Å². The summed E-state index contributed by atoms with van der Waals surface area (Å²) in [5.74, 6) is 0.759. The number of hydrogen-bond acceptors (Lipinski definition) is 4. The number of methoxy groups -OCH3 is 1. The van der Waals surface area contributed by atoms with Crippen LogP contribution in [0.1, 0.15) is 27.7 Å². The Morgan fingerprint density at radius 3 is 2.60 bits per heavy atom. The monoisotopic (exact) mass is 294 g/mol. The van der Waals surface area contributed by atoms with E-state index in [2.05, 4.69) is 10.3 Å². The number of oxazole rings is 1. The van der Waals surface area contributed by atoms with Crippen LogP contribution in [0.15, 0.2) is 16.5 Å². The molecule has 1 heterocycles. The minimum Gasteiger partial charge on any atom is -0.495 e. The standard InChI is InChI=1S/C14H15ClN2O3/c1-7-5-11(12(19-4)6-10(7)15)17-14(18)13-8(2)16-9(3)20-13/h5-6H,1-4H3,(H,17,18). The van der Waals surface area contributed by atoms with Gasteiger partial charge in [0.25, 0.3) is 5.91 Å². The quantitative estimate of drug-likeness (QED) is 0.941. The number of hydrogen-bond donors (Lipinski definition) is 1. The average Bonchev–Trinajstić information content (AvgIpc) is 2.72. The third-order valence-electron chi connectivity index (χ3n) is 2.84. The van der Waals surface area contributed by atoms with E-state index in [-0.39, 0.29) is 11.7 Å². The second-order valence-corrected chi connectivity index (χ2v) is 4.81. The SMILES string of the molecule is COc1cc(Cl)c(C)cc1NC(=O)c1oc(C)nc1C. The molecule has 1 amide bonds. The maximum Gasteiger partial charge on any atom is 0.293 e. The van der Waals surface area contributed by atoms with Gasteiger partial charge in [-0.3, -0.25) is 4.79 Å². The molecule has 1 aromatic carbocycles. The predicted molar refractivity (Wildman–Crippen MR) is 76.7 cm³/mol. The Hall–Kier alpha value is -2.01. The van der Waals surface area contributed by atoms with Crippen LogP contribution in [-0.4, -0.2) is 18.0 Å². The van der Waals surface area contributed by atoms with E-state index in [0.29, 0.717) is 28.0 Å². The summed E-state index contributed by atoms with van der Waals surface area (Å²) >= 11 is 6.03. The zero-order chi connectivity index (χ0) is 14.9. The molecule has 0 saturated carbocycles. The van der Waals surface area contributed by atoms with Gasteiger partial charge in [0.15, 0.2) is 5.89 Å². The van der Waals surface area contributed by atoms with Crippen molar-refractivity contribution in [1.29, 1.82) is 0 Å². The van der Waals surface area contributed by atoms with Gasteiger partial charge in [-0.2, -0.15) is 0 Å². The van der Waals surface area contributed by atoms with Crippen molar-refractivity contribution in [3.63, 3.8) is 0 Å². The van der Waals surface area contributed by atoms with E-state index < -0.39 is 0 Å². The molecule has 1 aromatic heterocycles. The zero-order valence-corrected chi connectivity index (χ0v) is 12.5. The number of halogens is 1. The van der Waals surface area contributed by atoms with Gasteiger partial charge in [-0.05, 0) is 25.5 Å². The lowest BCUT2D eigenvalue weighted by Crippen LogP contribution is -2.13. The summed E-state index contributed by atoms with van der Waals surface area (Å²) in [6.45, 7) is 5.26. The summed E-state index contributed by atoms with van der Waals surface area (Å²) < 4.78 is 10.5. The largest absolute Gasteiger partial charge is 0.495 e. The number of carbonyl (C=O) groups is 1. The molecular weight excluding hydrogens is 280 g/mol. The maximum atomic E-state index is 12.2. The van der Waals surface area contributed by atoms with Crippen LogP contribution in [0.2, 0.25) is 5.02 Å². The average molecular weight is 295 g/mol. The molecule has 0 aliphatic carbocycles. The van der Waals surface area contributed by atoms with Crippen molar-refractivity contribution in [2.24, 2.45) is 0 Å². The Kier molecular flexibility index (Phi) is 3.99. The molecule has 0 radical (unpaired) electrons. The Morgan fingerprint density at radius 2 is 2.05 bits per heavy atom. The lowest BCUT2D eigenvalue weighted by atomic mass is 10.2. The van der Waals surface area contributed by atoms with Gasteiger partial charge in [-0.15, -0.1) is 0 Å². The molecule has 2 aromatic rings. The number of aromatic nitrogens is 1. The molecule has 0 unspecified atom stereocenters. The van der Waals surface area contributed by atoms with E-state index in [1.165, 1.54) is 7.11 Å². The van der Waals surface area contributed by atoms with Gasteiger partial charge < -0.3 is 14.5 Å². The number of rotatable bonds is 3. The summed E-state index contributed by atoms with van der Waals surface area (Å²) in [7, 11) is 1.51. The van der Waals surface area contributed by atoms with Gasteiger partial charge in [0.1, 0.15) is 5.75 Å². The van der Waals surface area contributed by atoms with E-state index in [9.17, 15) is 4.79 Å². The third-order valence-corrected chi connectivity index (χ3v) is 3.25. The van der Waals surface area contributed by atoms with Gasteiger partial charge >= 0.3 is 0 Å². The number of ether oxygens (including phenoxy) is 1. The lowest BCUT2D eigenvalue weighted by molar-refractivity contribution is 0.0994. The van der Waals surface area contributed by atoms with Crippen molar-refractivity contribution < 1.29 is 13.9 Å². The highest BCUT2D eigenvalue weighted by Gasteiger charge is 2.18. The van der Waals surface area contributed by atoms with Crippen LogP contribution in [0.4, 0.5) is 5.69 Å². The summed E-state index contributed by atoms with van der Waals surface area (Å²) in [6.07, 6.45) is 0. The number of amides is 1. The highest BCUT2D eigenvalue weighted by atomic mass is 35.5. The molecule has 0 spiro atoms. The molecule has 20 heavy (non-hydrogen) atoms. The van der Waals surface area contributed by atoms with Crippen LogP contribution in [0.25, 0.3) is 0 Å². The molecular formula is C14H15ClN2O3. The van der Waals surface area contributed by atoms with Crippen LogP contribution >= 0.6 is 11.6 Å². The third kappa shape index (κ3) is 2.77. The predicted octanol–water partition coefficient (Wildman–Crippen LogP) is 3.51. The minimum absolute atomic E-state index is 0.192. The first-order chi connectivity index (χ1) is 9.42. The molecule has 1 N–H and O–H groups in total. The summed E-state index contributed by atoms with van der Waals surface area (Å²) in [6, 6.07) is 3.41. The number of anilines is 1. The van der Waals surface area contributed by atoms with Crippen molar-refractivity contribution in [2.45, 2.75) is 20.8 Å². The molecule has 6 heteroatoms. The number of benzene rings is 1. The molecule has 0 bridgehead atoms. The first-order valence-corrected chi connectivity index (χ1v) is 6.39. The van der Waals surface area contributed by atoms with E-state index in [0.717, 1.165) is 5.56 Å². The second-order valence-electron chi connectivity index (χ2n) is 4.40. The van der Waals surface area contributed by atoms with Gasteiger partial charge in [0, 0.05) is 18.0 Å². The van der Waals surface area contributed by atoms with Crippen molar-refractivity contribution in [2.75, 3.05) is 12.4 Å². The van der Waals surface area contributed by atoms with Gasteiger partial charge in [0.05, 0.1) is 18.5 Å². The van der Waals surface area contributed by atoms with Crippen LogP contribution < -0.4 is 10.1 Å². The fourth-order valence-corrected chi connectivity index (χ4v) is 2.00. The summed E-state index contributed by atoms with van der Waals surface area (Å²) in [5.41, 5.74) is 1.92. The highest BCUT2D eigenvalue weighted by molar-refractivity contribution is 6.31. The molecule has 2 rings (SSSR count). The molecule has 0 saturated heterocycles. The van der Waals surface area contributed by atoms with E-state index >= 15 is 0 Å². The molecule has 0 aliphatic rings. The van der Waals surface area contributed by atoms with E-state index in [4.69, 9.17) is 20.8 Å². The molecule has 0 aliphatic heterocycles. The van der Waals surface area contributed by atoms with Gasteiger partial charge in [-0.25, -0.2) is 4.98 Å². The first kappa shape index (κ1) is 14.4. The Balaban J connectivity index is 2.32. The maximum absolute atomic E-state index is 12.2. The van der Waals surface area contributed by atoms with Crippen LogP contribution in [0.3, 0.4) is 0 Å². The fourth-order valence-electron chi connectivity index (χ4n) is 1.85. The van der Waals surface area contributed by atoms with E-state index in [1.54, 1.807) is 26.0 Å². The molecule has 106 valence electrons. The summed E-state index contributed by atoms with van der Waals surface area (Å²) in [4.78, 5) is 16.2. The molecule has 0 fully saturated rings. The number of nitrogens with zero attached hydrogens (tertiary/aromatic N) is 1. The minimum atomic E-state index is -0.372. The van der Waals surface area contributed by atoms with Crippen molar-refractivity contribution in [1.82, 2.24) is 4.98 Å². The molecule has 5 nitrogen and oxygen atoms in total. The van der Waals surface area contributed by atoms with Crippen molar-refractivity contribution >= 4 is 23.2 Å². The normalized spacial score (nSPS) is 10.4.